The van der Waals surface area contributed by atoms with Gasteiger partial charge in [-0.1, -0.05) is 18.5 Å². The summed E-state index contributed by atoms with van der Waals surface area (Å²) in [5.74, 6) is 1.46. The van der Waals surface area contributed by atoms with Crippen LogP contribution in [-0.2, 0) is 0 Å². The summed E-state index contributed by atoms with van der Waals surface area (Å²) in [7, 11) is 1.53. The molecule has 1 aromatic carbocycles. The van der Waals surface area contributed by atoms with Gasteiger partial charge in [0.2, 0.25) is 0 Å². The molecule has 0 aliphatic carbocycles. The Morgan fingerprint density at radius 2 is 2.13 bits per heavy atom. The van der Waals surface area contributed by atoms with E-state index >= 15 is 0 Å². The Balaban J connectivity index is 1.76. The fourth-order valence-electron chi connectivity index (χ4n) is 3.44. The molecule has 1 aromatic heterocycles. The van der Waals surface area contributed by atoms with Crippen molar-refractivity contribution in [1.29, 1.82) is 5.26 Å². The lowest BCUT2D eigenvalue weighted by atomic mass is 10.1. The summed E-state index contributed by atoms with van der Waals surface area (Å²) < 4.78 is 11.1. The highest BCUT2D eigenvalue weighted by Gasteiger charge is 2.24. The first-order valence-corrected chi connectivity index (χ1v) is 10.4. The van der Waals surface area contributed by atoms with Gasteiger partial charge in [-0.15, -0.1) is 0 Å². The zero-order valence-corrected chi connectivity index (χ0v) is 18.0. The minimum absolute atomic E-state index is 0.111. The third kappa shape index (κ3) is 4.77. The SMILES string of the molecule is CCCOc1c(Cl)cc(C(=O)N2CCCN(c3ncccc3C#N)CC2)cc1OC. The molecule has 1 aliphatic heterocycles. The summed E-state index contributed by atoms with van der Waals surface area (Å²) in [6, 6.07) is 9.00. The molecule has 158 valence electrons. The molecule has 0 unspecified atom stereocenters. The minimum atomic E-state index is -0.111. The van der Waals surface area contributed by atoms with Crippen molar-refractivity contribution < 1.29 is 14.3 Å². The van der Waals surface area contributed by atoms with E-state index < -0.39 is 0 Å². The number of anilines is 1. The molecule has 1 aliphatic rings. The average Bonchev–Trinajstić information content (AvgIpc) is 3.03. The Labute approximate surface area is 181 Å². The number of pyridine rings is 1. The van der Waals surface area contributed by atoms with Gasteiger partial charge in [0, 0.05) is 37.9 Å². The number of hydrogen-bond acceptors (Lipinski definition) is 6. The number of amides is 1. The molecule has 0 radical (unpaired) electrons. The van der Waals surface area contributed by atoms with Gasteiger partial charge in [0.05, 0.1) is 24.3 Å². The van der Waals surface area contributed by atoms with E-state index in [1.54, 1.807) is 35.4 Å². The average molecular weight is 429 g/mol. The molecule has 1 saturated heterocycles. The Morgan fingerprint density at radius 3 is 2.87 bits per heavy atom. The molecule has 2 heterocycles. The second-order valence-electron chi connectivity index (χ2n) is 6.96. The number of nitriles is 1. The third-order valence-corrected chi connectivity index (χ3v) is 5.20. The van der Waals surface area contributed by atoms with Gasteiger partial charge in [-0.3, -0.25) is 4.79 Å². The van der Waals surface area contributed by atoms with E-state index in [1.165, 1.54) is 7.11 Å². The van der Waals surface area contributed by atoms with E-state index in [4.69, 9.17) is 21.1 Å². The van der Waals surface area contributed by atoms with Crippen molar-refractivity contribution in [3.05, 3.63) is 46.6 Å². The van der Waals surface area contributed by atoms with Crippen LogP contribution < -0.4 is 14.4 Å². The number of carbonyl (C=O) groups is 1. The van der Waals surface area contributed by atoms with Crippen molar-refractivity contribution in [3.8, 4) is 17.6 Å². The highest BCUT2D eigenvalue weighted by atomic mass is 35.5. The molecule has 1 fully saturated rings. The van der Waals surface area contributed by atoms with Gasteiger partial charge < -0.3 is 19.3 Å². The molecule has 8 heteroatoms. The van der Waals surface area contributed by atoms with E-state index in [2.05, 4.69) is 16.0 Å². The van der Waals surface area contributed by atoms with Crippen LogP contribution in [0.25, 0.3) is 0 Å². The number of rotatable bonds is 6. The molecule has 7 nitrogen and oxygen atoms in total. The summed E-state index contributed by atoms with van der Waals surface area (Å²) in [5, 5.41) is 9.70. The Morgan fingerprint density at radius 1 is 1.30 bits per heavy atom. The fourth-order valence-corrected chi connectivity index (χ4v) is 3.70. The number of methoxy groups -OCH3 is 1. The Bertz CT molecular complexity index is 944. The smallest absolute Gasteiger partial charge is 0.254 e. The van der Waals surface area contributed by atoms with Crippen LogP contribution in [0.15, 0.2) is 30.5 Å². The van der Waals surface area contributed by atoms with Crippen LogP contribution in [0.1, 0.15) is 35.7 Å². The van der Waals surface area contributed by atoms with Gasteiger partial charge in [0.25, 0.3) is 5.91 Å². The predicted molar refractivity (Wildman–Crippen MR) is 115 cm³/mol. The van der Waals surface area contributed by atoms with E-state index in [0.717, 1.165) is 19.4 Å². The van der Waals surface area contributed by atoms with E-state index in [0.29, 0.717) is 59.7 Å². The van der Waals surface area contributed by atoms with Crippen molar-refractivity contribution in [1.82, 2.24) is 9.88 Å². The van der Waals surface area contributed by atoms with Crippen LogP contribution in [0.3, 0.4) is 0 Å². The Kier molecular flexibility index (Phi) is 7.36. The molecule has 0 atom stereocenters. The lowest BCUT2D eigenvalue weighted by Crippen LogP contribution is -2.35. The monoisotopic (exact) mass is 428 g/mol. The predicted octanol–water partition coefficient (Wildman–Crippen LogP) is 3.76. The zero-order chi connectivity index (χ0) is 21.5. The molecule has 0 N–H and O–H groups in total. The molecule has 1 amide bonds. The van der Waals surface area contributed by atoms with Crippen molar-refractivity contribution in [2.45, 2.75) is 19.8 Å². The van der Waals surface area contributed by atoms with Crippen LogP contribution in [0.4, 0.5) is 5.82 Å². The van der Waals surface area contributed by atoms with Crippen molar-refractivity contribution in [2.24, 2.45) is 0 Å². The molecule has 0 spiro atoms. The summed E-state index contributed by atoms with van der Waals surface area (Å²) in [5.41, 5.74) is 1.00. The van der Waals surface area contributed by atoms with Crippen molar-refractivity contribution in [3.63, 3.8) is 0 Å². The number of carbonyl (C=O) groups excluding carboxylic acids is 1. The summed E-state index contributed by atoms with van der Waals surface area (Å²) in [4.78, 5) is 21.4. The van der Waals surface area contributed by atoms with E-state index in [9.17, 15) is 10.1 Å². The maximum atomic E-state index is 13.1. The van der Waals surface area contributed by atoms with Gasteiger partial charge in [-0.25, -0.2) is 4.98 Å². The molecular weight excluding hydrogens is 404 g/mol. The minimum Gasteiger partial charge on any atom is -0.493 e. The molecule has 0 bridgehead atoms. The number of nitrogens with zero attached hydrogens (tertiary/aromatic N) is 4. The normalized spacial score (nSPS) is 14.1. The van der Waals surface area contributed by atoms with Gasteiger partial charge in [0.15, 0.2) is 11.5 Å². The second kappa shape index (κ2) is 10.2. The fraction of sp³-hybridized carbons (Fsp3) is 0.409. The summed E-state index contributed by atoms with van der Waals surface area (Å²) in [6.45, 7) is 4.98. The van der Waals surface area contributed by atoms with E-state index in [-0.39, 0.29) is 5.91 Å². The van der Waals surface area contributed by atoms with Crippen LogP contribution in [0.2, 0.25) is 5.02 Å². The maximum absolute atomic E-state index is 13.1. The molecule has 3 rings (SSSR count). The highest BCUT2D eigenvalue weighted by Crippen LogP contribution is 2.37. The summed E-state index contributed by atoms with van der Waals surface area (Å²) in [6.07, 6.45) is 3.30. The quantitative estimate of drug-likeness (QED) is 0.697. The van der Waals surface area contributed by atoms with Crippen LogP contribution >= 0.6 is 11.6 Å². The second-order valence-corrected chi connectivity index (χ2v) is 7.36. The largest absolute Gasteiger partial charge is 0.493 e. The topological polar surface area (TPSA) is 78.7 Å². The highest BCUT2D eigenvalue weighted by molar-refractivity contribution is 6.32. The number of ether oxygens (including phenoxy) is 2. The molecular formula is C22H25ClN4O3. The maximum Gasteiger partial charge on any atom is 0.254 e. The number of benzene rings is 1. The first-order valence-electron chi connectivity index (χ1n) is 9.98. The Hall–Kier alpha value is -2.98. The standard InChI is InChI=1S/C22H25ClN4O3/c1-3-12-30-20-18(23)13-17(14-19(20)29-2)22(28)27-9-5-8-26(10-11-27)21-16(15-24)6-4-7-25-21/h4,6-7,13-14H,3,5,8-12H2,1-2H3. The molecule has 0 saturated carbocycles. The van der Waals surface area contributed by atoms with Gasteiger partial charge in [-0.2, -0.15) is 5.26 Å². The first-order chi connectivity index (χ1) is 14.6. The number of aromatic nitrogens is 1. The molecule has 30 heavy (non-hydrogen) atoms. The third-order valence-electron chi connectivity index (χ3n) is 4.92. The lowest BCUT2D eigenvalue weighted by molar-refractivity contribution is 0.0766. The van der Waals surface area contributed by atoms with E-state index in [1.807, 2.05) is 6.92 Å². The summed E-state index contributed by atoms with van der Waals surface area (Å²) >= 11 is 6.38. The van der Waals surface area contributed by atoms with Crippen LogP contribution in [0.5, 0.6) is 11.5 Å². The first kappa shape index (κ1) is 21.7. The van der Waals surface area contributed by atoms with Gasteiger partial charge >= 0.3 is 0 Å². The van der Waals surface area contributed by atoms with Gasteiger partial charge in [-0.05, 0) is 37.1 Å². The van der Waals surface area contributed by atoms with Crippen LogP contribution in [-0.4, -0.2) is 55.7 Å². The lowest BCUT2D eigenvalue weighted by Gasteiger charge is -2.24. The van der Waals surface area contributed by atoms with Crippen molar-refractivity contribution in [2.75, 3.05) is 44.8 Å². The zero-order valence-electron chi connectivity index (χ0n) is 17.2. The van der Waals surface area contributed by atoms with Crippen LogP contribution in [0, 0.1) is 11.3 Å². The molecule has 2 aromatic rings. The van der Waals surface area contributed by atoms with Gasteiger partial charge in [0.1, 0.15) is 11.9 Å². The number of halogens is 1. The van der Waals surface area contributed by atoms with Crippen molar-refractivity contribution >= 4 is 23.3 Å². The number of hydrogen-bond donors (Lipinski definition) is 0.